The van der Waals surface area contributed by atoms with E-state index in [0.717, 1.165) is 25.6 Å². The Balaban J connectivity index is 1.40. The van der Waals surface area contributed by atoms with E-state index >= 15 is 0 Å². The summed E-state index contributed by atoms with van der Waals surface area (Å²) in [6, 6.07) is 6.67. The van der Waals surface area contributed by atoms with Gasteiger partial charge in [-0.25, -0.2) is 4.39 Å². The fourth-order valence-electron chi connectivity index (χ4n) is 2.63. The summed E-state index contributed by atoms with van der Waals surface area (Å²) in [6.45, 7) is 2.01. The molecule has 108 valence electrons. The number of nitrogens with zero attached hydrogens (tertiary/aromatic N) is 1. The lowest BCUT2D eigenvalue weighted by atomic mass is 10.2. The lowest BCUT2D eigenvalue weighted by molar-refractivity contribution is -0.123. The Labute approximate surface area is 117 Å². The minimum Gasteiger partial charge on any atom is -0.484 e. The van der Waals surface area contributed by atoms with Gasteiger partial charge < -0.3 is 10.1 Å². The number of halogens is 1. The van der Waals surface area contributed by atoms with E-state index in [9.17, 15) is 9.18 Å². The van der Waals surface area contributed by atoms with Gasteiger partial charge in [-0.15, -0.1) is 0 Å². The summed E-state index contributed by atoms with van der Waals surface area (Å²) in [5.74, 6) is 0.0810. The monoisotopic (exact) mass is 278 g/mol. The molecule has 0 bridgehead atoms. The first-order valence-electron chi connectivity index (χ1n) is 7.12. The highest BCUT2D eigenvalue weighted by molar-refractivity contribution is 5.77. The van der Waals surface area contributed by atoms with Crippen LogP contribution in [0.2, 0.25) is 0 Å². The summed E-state index contributed by atoms with van der Waals surface area (Å²) in [5.41, 5.74) is 0. The molecule has 5 heteroatoms. The zero-order valence-electron chi connectivity index (χ0n) is 11.3. The number of carbonyl (C=O) groups is 1. The molecule has 1 aromatic rings. The number of hydrogen-bond acceptors (Lipinski definition) is 3. The molecule has 1 N–H and O–H groups in total. The first-order chi connectivity index (χ1) is 9.70. The second kappa shape index (κ2) is 5.79. The van der Waals surface area contributed by atoms with E-state index < -0.39 is 0 Å². The van der Waals surface area contributed by atoms with Crippen LogP contribution in [-0.4, -0.2) is 42.6 Å². The molecule has 2 aliphatic rings. The number of hydrogen-bond donors (Lipinski definition) is 1. The van der Waals surface area contributed by atoms with Gasteiger partial charge in [-0.1, -0.05) is 0 Å². The molecular formula is C15H19FN2O2. The number of ether oxygens (including phenoxy) is 1. The standard InChI is InChI=1S/C15H19FN2O2/c16-11-1-5-14(6-2-11)20-10-15(19)17-12-7-8-18(9-12)13-3-4-13/h1-2,5-6,12-13H,3-4,7-10H2,(H,17,19). The van der Waals surface area contributed by atoms with Crippen molar-refractivity contribution in [2.24, 2.45) is 0 Å². The Morgan fingerprint density at radius 3 is 2.75 bits per heavy atom. The predicted octanol–water partition coefficient (Wildman–Crippen LogP) is 1.56. The Morgan fingerprint density at radius 1 is 1.30 bits per heavy atom. The minimum absolute atomic E-state index is 0.0223. The van der Waals surface area contributed by atoms with Crippen LogP contribution in [0.15, 0.2) is 24.3 Å². The lowest BCUT2D eigenvalue weighted by Crippen LogP contribution is -2.39. The van der Waals surface area contributed by atoms with Crippen molar-refractivity contribution in [3.8, 4) is 5.75 Å². The summed E-state index contributed by atoms with van der Waals surface area (Å²) < 4.78 is 18.1. The topological polar surface area (TPSA) is 41.6 Å². The van der Waals surface area contributed by atoms with Gasteiger partial charge in [0.15, 0.2) is 6.61 Å². The van der Waals surface area contributed by atoms with Crippen molar-refractivity contribution in [1.29, 1.82) is 0 Å². The Hall–Kier alpha value is -1.62. The van der Waals surface area contributed by atoms with E-state index in [-0.39, 0.29) is 24.4 Å². The zero-order chi connectivity index (χ0) is 13.9. The van der Waals surface area contributed by atoms with Crippen LogP contribution in [0, 0.1) is 5.82 Å². The van der Waals surface area contributed by atoms with Crippen molar-refractivity contribution in [2.75, 3.05) is 19.7 Å². The molecule has 1 heterocycles. The van der Waals surface area contributed by atoms with Gasteiger partial charge in [0.05, 0.1) is 0 Å². The molecule has 1 atom stereocenters. The van der Waals surface area contributed by atoms with Gasteiger partial charge >= 0.3 is 0 Å². The minimum atomic E-state index is -0.312. The van der Waals surface area contributed by atoms with Crippen molar-refractivity contribution < 1.29 is 13.9 Å². The molecule has 0 radical (unpaired) electrons. The van der Waals surface area contributed by atoms with Crippen LogP contribution < -0.4 is 10.1 Å². The number of rotatable bonds is 5. The fourth-order valence-corrected chi connectivity index (χ4v) is 2.63. The van der Waals surface area contributed by atoms with E-state index in [1.54, 1.807) is 0 Å². The van der Waals surface area contributed by atoms with Gasteiger partial charge in [-0.3, -0.25) is 9.69 Å². The van der Waals surface area contributed by atoms with Crippen molar-refractivity contribution in [1.82, 2.24) is 10.2 Å². The second-order valence-corrected chi connectivity index (χ2v) is 5.52. The van der Waals surface area contributed by atoms with Crippen LogP contribution in [0.25, 0.3) is 0 Å². The quantitative estimate of drug-likeness (QED) is 0.888. The Bertz CT molecular complexity index is 473. The molecule has 0 spiro atoms. The fraction of sp³-hybridized carbons (Fsp3) is 0.533. The SMILES string of the molecule is O=C(COc1ccc(F)cc1)NC1CCN(C2CC2)C1. The second-order valence-electron chi connectivity index (χ2n) is 5.52. The van der Waals surface area contributed by atoms with Crippen LogP contribution in [0.1, 0.15) is 19.3 Å². The maximum Gasteiger partial charge on any atom is 0.258 e. The van der Waals surface area contributed by atoms with E-state index in [0.29, 0.717) is 5.75 Å². The van der Waals surface area contributed by atoms with Crippen molar-refractivity contribution in [3.05, 3.63) is 30.1 Å². The van der Waals surface area contributed by atoms with Crippen LogP contribution in [0.5, 0.6) is 5.75 Å². The summed E-state index contributed by atoms with van der Waals surface area (Å²) in [7, 11) is 0. The molecule has 1 unspecified atom stereocenters. The van der Waals surface area contributed by atoms with Gasteiger partial charge in [-0.05, 0) is 43.5 Å². The third-order valence-electron chi connectivity index (χ3n) is 3.83. The molecule has 20 heavy (non-hydrogen) atoms. The smallest absolute Gasteiger partial charge is 0.258 e. The summed E-state index contributed by atoms with van der Waals surface area (Å²) >= 11 is 0. The van der Waals surface area contributed by atoms with Crippen molar-refractivity contribution in [3.63, 3.8) is 0 Å². The van der Waals surface area contributed by atoms with Gasteiger partial charge in [0, 0.05) is 25.2 Å². The highest BCUT2D eigenvalue weighted by Crippen LogP contribution is 2.29. The molecule has 1 aliphatic carbocycles. The third kappa shape index (κ3) is 3.48. The summed E-state index contributed by atoms with van der Waals surface area (Å²) in [5, 5.41) is 2.99. The van der Waals surface area contributed by atoms with Gasteiger partial charge in [0.1, 0.15) is 11.6 Å². The number of carbonyl (C=O) groups excluding carboxylic acids is 1. The van der Waals surface area contributed by atoms with E-state index in [4.69, 9.17) is 4.74 Å². The Morgan fingerprint density at radius 2 is 2.05 bits per heavy atom. The normalized spacial score (nSPS) is 22.8. The van der Waals surface area contributed by atoms with E-state index in [1.807, 2.05) is 0 Å². The van der Waals surface area contributed by atoms with E-state index in [2.05, 4.69) is 10.2 Å². The van der Waals surface area contributed by atoms with Crippen LogP contribution in [-0.2, 0) is 4.79 Å². The predicted molar refractivity (Wildman–Crippen MR) is 73.0 cm³/mol. The Kier molecular flexibility index (Phi) is 3.87. The first kappa shape index (κ1) is 13.4. The van der Waals surface area contributed by atoms with E-state index in [1.165, 1.54) is 37.1 Å². The number of likely N-dealkylation sites (tertiary alicyclic amines) is 1. The zero-order valence-corrected chi connectivity index (χ0v) is 11.3. The maximum absolute atomic E-state index is 12.7. The van der Waals surface area contributed by atoms with Crippen molar-refractivity contribution in [2.45, 2.75) is 31.3 Å². The summed E-state index contributed by atoms with van der Waals surface area (Å²) in [4.78, 5) is 14.3. The maximum atomic E-state index is 12.7. The molecule has 2 fully saturated rings. The molecule has 1 saturated heterocycles. The third-order valence-corrected chi connectivity index (χ3v) is 3.83. The molecule has 4 nitrogen and oxygen atoms in total. The highest BCUT2D eigenvalue weighted by Gasteiger charge is 2.34. The average Bonchev–Trinajstić information content (AvgIpc) is 3.19. The van der Waals surface area contributed by atoms with Gasteiger partial charge in [0.25, 0.3) is 5.91 Å². The van der Waals surface area contributed by atoms with Crippen LogP contribution in [0.3, 0.4) is 0 Å². The molecule has 0 aromatic heterocycles. The molecule has 1 aliphatic heterocycles. The highest BCUT2D eigenvalue weighted by atomic mass is 19.1. The van der Waals surface area contributed by atoms with Gasteiger partial charge in [-0.2, -0.15) is 0 Å². The van der Waals surface area contributed by atoms with Crippen LogP contribution in [0.4, 0.5) is 4.39 Å². The van der Waals surface area contributed by atoms with Crippen molar-refractivity contribution >= 4 is 5.91 Å². The van der Waals surface area contributed by atoms with Gasteiger partial charge in [0.2, 0.25) is 0 Å². The lowest BCUT2D eigenvalue weighted by Gasteiger charge is -2.16. The number of amides is 1. The summed E-state index contributed by atoms with van der Waals surface area (Å²) in [6.07, 6.45) is 3.61. The first-order valence-corrected chi connectivity index (χ1v) is 7.12. The molecule has 1 saturated carbocycles. The molecule has 3 rings (SSSR count). The molecule has 1 amide bonds. The number of nitrogens with one attached hydrogen (secondary N) is 1. The average molecular weight is 278 g/mol. The van der Waals surface area contributed by atoms with Crippen LogP contribution >= 0.6 is 0 Å². The largest absolute Gasteiger partial charge is 0.484 e. The number of benzene rings is 1. The molecular weight excluding hydrogens is 259 g/mol. The molecule has 1 aromatic carbocycles.